The van der Waals surface area contributed by atoms with Crippen molar-refractivity contribution in [2.75, 3.05) is 0 Å². The summed E-state index contributed by atoms with van der Waals surface area (Å²) in [5, 5.41) is 0. The minimum atomic E-state index is -1.02. The van der Waals surface area contributed by atoms with Crippen molar-refractivity contribution in [3.05, 3.63) is 30.3 Å². The second-order valence-corrected chi connectivity index (χ2v) is 15.7. The van der Waals surface area contributed by atoms with Crippen LogP contribution in [0.3, 0.4) is 0 Å². The maximum absolute atomic E-state index is 2.45. The van der Waals surface area contributed by atoms with E-state index < -0.39 is 14.3 Å². The summed E-state index contributed by atoms with van der Waals surface area (Å²) in [6, 6.07) is 11.0. The first-order valence-corrected chi connectivity index (χ1v) is 13.1. The summed E-state index contributed by atoms with van der Waals surface area (Å²) < 4.78 is 2.13. The van der Waals surface area contributed by atoms with Crippen molar-refractivity contribution in [2.45, 2.75) is 50.4 Å². The van der Waals surface area contributed by atoms with Crippen LogP contribution in [0.1, 0.15) is 20.8 Å². The molecule has 0 heterocycles. The van der Waals surface area contributed by atoms with Crippen molar-refractivity contribution in [1.29, 1.82) is 0 Å². The SMILES string of the molecule is C[Si](C)C.[CH3][Ge]([c]1ccccc1)[C](C)(C)C. The molecule has 2 heteroatoms. The summed E-state index contributed by atoms with van der Waals surface area (Å²) in [6.45, 7) is 13.9. The fourth-order valence-corrected chi connectivity index (χ4v) is 4.39. The first-order valence-electron chi connectivity index (χ1n) is 5.91. The molecule has 2 radical (unpaired) electrons. The van der Waals surface area contributed by atoms with Gasteiger partial charge in [0.15, 0.2) is 0 Å². The molecule has 1 rings (SSSR count). The van der Waals surface area contributed by atoms with Gasteiger partial charge in [-0.1, -0.05) is 19.6 Å². The van der Waals surface area contributed by atoms with Crippen molar-refractivity contribution in [2.24, 2.45) is 0 Å². The number of hydrogen-bond acceptors (Lipinski definition) is 0. The number of rotatable bonds is 1. The van der Waals surface area contributed by atoms with Crippen LogP contribution < -0.4 is 4.40 Å². The molecule has 0 spiro atoms. The van der Waals surface area contributed by atoms with Gasteiger partial charge in [0, 0.05) is 8.80 Å². The van der Waals surface area contributed by atoms with Gasteiger partial charge in [0.25, 0.3) is 0 Å². The molecular formula is C14H26GeSi. The normalized spacial score (nSPS) is 11.3. The van der Waals surface area contributed by atoms with Gasteiger partial charge in [-0.3, -0.25) is 0 Å². The van der Waals surface area contributed by atoms with E-state index in [4.69, 9.17) is 0 Å². The molecular weight excluding hydrogens is 269 g/mol. The van der Waals surface area contributed by atoms with E-state index >= 15 is 0 Å². The Balaban J connectivity index is 0.000000487. The summed E-state index contributed by atoms with van der Waals surface area (Å²) >= 11 is -1.02. The summed E-state index contributed by atoms with van der Waals surface area (Å²) in [4.78, 5) is 0. The average Bonchev–Trinajstić information content (AvgIpc) is 2.16. The van der Waals surface area contributed by atoms with Gasteiger partial charge < -0.3 is 0 Å². The molecule has 1 aromatic rings. The van der Waals surface area contributed by atoms with Crippen LogP contribution in [0.5, 0.6) is 0 Å². The van der Waals surface area contributed by atoms with Crippen LogP contribution in [0.15, 0.2) is 30.3 Å². The Morgan fingerprint density at radius 2 is 1.31 bits per heavy atom. The van der Waals surface area contributed by atoms with E-state index in [1.54, 1.807) is 4.40 Å². The molecule has 0 aliphatic rings. The molecule has 0 unspecified atom stereocenters. The van der Waals surface area contributed by atoms with Crippen molar-refractivity contribution < 1.29 is 0 Å². The Morgan fingerprint density at radius 1 is 0.938 bits per heavy atom. The van der Waals surface area contributed by atoms with E-state index in [-0.39, 0.29) is 8.80 Å². The molecule has 0 fully saturated rings. The van der Waals surface area contributed by atoms with Gasteiger partial charge in [-0.25, -0.2) is 0 Å². The molecule has 0 atom stereocenters. The molecule has 0 N–H and O–H groups in total. The van der Waals surface area contributed by atoms with E-state index in [0.29, 0.717) is 4.25 Å². The van der Waals surface area contributed by atoms with Crippen molar-refractivity contribution in [3.8, 4) is 0 Å². The molecule has 0 amide bonds. The summed E-state index contributed by atoms with van der Waals surface area (Å²) in [5.74, 6) is 2.45. The predicted octanol–water partition coefficient (Wildman–Crippen LogP) is 4.19. The second-order valence-electron chi connectivity index (χ2n) is 5.74. The average molecular weight is 295 g/mol. The summed E-state index contributed by atoms with van der Waals surface area (Å²) in [5.41, 5.74) is 0. The van der Waals surface area contributed by atoms with Gasteiger partial charge >= 0.3 is 79.9 Å². The van der Waals surface area contributed by atoms with Crippen LogP contribution in [0.4, 0.5) is 0 Å². The first-order chi connectivity index (χ1) is 7.25. The van der Waals surface area contributed by atoms with Crippen molar-refractivity contribution in [3.63, 3.8) is 0 Å². The van der Waals surface area contributed by atoms with Crippen molar-refractivity contribution >= 4 is 27.5 Å². The molecule has 0 nitrogen and oxygen atoms in total. The van der Waals surface area contributed by atoms with Gasteiger partial charge in [-0.05, 0) is 0 Å². The molecule has 0 aliphatic heterocycles. The van der Waals surface area contributed by atoms with Gasteiger partial charge in [-0.15, -0.1) is 0 Å². The molecule has 16 heavy (non-hydrogen) atoms. The Bertz CT molecular complexity index is 272. The quantitative estimate of drug-likeness (QED) is 0.681. The summed E-state index contributed by atoms with van der Waals surface area (Å²) in [7, 11) is 0.120. The molecule has 1 aromatic carbocycles. The number of hydrogen-bond donors (Lipinski definition) is 0. The maximum atomic E-state index is 2.45. The predicted molar refractivity (Wildman–Crippen MR) is 80.8 cm³/mol. The Hall–Kier alpha value is -0.0203. The fraction of sp³-hybridized carbons (Fsp3) is 0.571. The Kier molecular flexibility index (Phi) is 7.32. The van der Waals surface area contributed by atoms with E-state index in [2.05, 4.69) is 76.5 Å². The van der Waals surface area contributed by atoms with Crippen LogP contribution in [0, 0.1) is 0 Å². The van der Waals surface area contributed by atoms with Crippen LogP contribution in [-0.4, -0.2) is 23.1 Å². The monoisotopic (exact) mass is 296 g/mol. The fourth-order valence-electron chi connectivity index (χ4n) is 1.12. The third kappa shape index (κ3) is 7.29. The molecule has 0 aliphatic carbocycles. The van der Waals surface area contributed by atoms with Crippen LogP contribution in [0.2, 0.25) is 29.6 Å². The standard InChI is InChI=1S/C11H17Ge.C3H9Si/c1-11(2,3)12(4)10-8-6-5-7-9-10;1-4(2)3/h5-9H,1-4H3;1-3H3. The van der Waals surface area contributed by atoms with E-state index in [1.807, 2.05) is 0 Å². The molecule has 90 valence electrons. The van der Waals surface area contributed by atoms with E-state index in [9.17, 15) is 0 Å². The Labute approximate surface area is 108 Å². The zero-order valence-electron chi connectivity index (χ0n) is 11.9. The van der Waals surface area contributed by atoms with Crippen molar-refractivity contribution in [1.82, 2.24) is 0 Å². The molecule has 0 bridgehead atoms. The van der Waals surface area contributed by atoms with E-state index in [1.165, 1.54) is 0 Å². The molecule has 0 aromatic heterocycles. The van der Waals surface area contributed by atoms with Crippen LogP contribution >= 0.6 is 0 Å². The van der Waals surface area contributed by atoms with Gasteiger partial charge in [0.1, 0.15) is 0 Å². The molecule has 0 saturated heterocycles. The van der Waals surface area contributed by atoms with Gasteiger partial charge in [0.05, 0.1) is 0 Å². The second kappa shape index (κ2) is 7.33. The van der Waals surface area contributed by atoms with Crippen LogP contribution in [0.25, 0.3) is 0 Å². The topological polar surface area (TPSA) is 0 Å². The van der Waals surface area contributed by atoms with Gasteiger partial charge in [0.2, 0.25) is 0 Å². The number of benzene rings is 1. The zero-order chi connectivity index (χ0) is 12.8. The minimum absolute atomic E-state index is 0.120. The molecule has 0 saturated carbocycles. The third-order valence-electron chi connectivity index (χ3n) is 2.33. The third-order valence-corrected chi connectivity index (χ3v) is 9.57. The van der Waals surface area contributed by atoms with E-state index in [0.717, 1.165) is 0 Å². The van der Waals surface area contributed by atoms with Crippen LogP contribution in [-0.2, 0) is 0 Å². The Morgan fingerprint density at radius 3 is 1.62 bits per heavy atom. The zero-order valence-corrected chi connectivity index (χ0v) is 15.0. The first kappa shape index (κ1) is 16.0. The summed E-state index contributed by atoms with van der Waals surface area (Å²) in [6.07, 6.45) is 0. The van der Waals surface area contributed by atoms with Gasteiger partial charge in [-0.2, -0.15) is 0 Å².